The summed E-state index contributed by atoms with van der Waals surface area (Å²) in [5.74, 6) is 0.0339. The van der Waals surface area contributed by atoms with Crippen molar-refractivity contribution in [1.29, 1.82) is 0 Å². The van der Waals surface area contributed by atoms with Crippen LogP contribution >= 0.6 is 19.9 Å². The van der Waals surface area contributed by atoms with Gasteiger partial charge < -0.3 is 0 Å². The van der Waals surface area contributed by atoms with Crippen LogP contribution in [0.1, 0.15) is 30.9 Å². The standard InChI is InChI=1S/C14H14ClF3S/c1-2-9-3-4-11-8-13(10-5-6-10)19(15,12(11)7-9)14(16,17)18/h3-4,7-8,10H,2,5-6H2,1H3. The van der Waals surface area contributed by atoms with E-state index in [1.165, 1.54) is 0 Å². The fraction of sp³-hybridized carbons (Fsp3) is 0.429. The van der Waals surface area contributed by atoms with Crippen molar-refractivity contribution in [3.63, 3.8) is 0 Å². The van der Waals surface area contributed by atoms with Crippen molar-refractivity contribution in [3.05, 3.63) is 34.2 Å². The molecule has 1 aliphatic heterocycles. The van der Waals surface area contributed by atoms with Gasteiger partial charge in [-0.1, -0.05) is 19.1 Å². The minimum absolute atomic E-state index is 0.0339. The molecule has 0 amide bonds. The van der Waals surface area contributed by atoms with Crippen LogP contribution in [0, 0.1) is 5.92 Å². The number of halogens is 4. The van der Waals surface area contributed by atoms with E-state index in [-0.39, 0.29) is 5.92 Å². The maximum absolute atomic E-state index is 13.6. The summed E-state index contributed by atoms with van der Waals surface area (Å²) in [6.45, 7) is 1.94. The maximum atomic E-state index is 13.6. The van der Waals surface area contributed by atoms with E-state index in [1.807, 2.05) is 13.0 Å². The second kappa shape index (κ2) is 4.19. The van der Waals surface area contributed by atoms with Gasteiger partial charge in [0.05, 0.1) is 0 Å². The SMILES string of the molecule is CCc1ccc2c(c1)S(Cl)(C(F)(F)F)C(C1CC1)=C2. The molecule has 1 fully saturated rings. The van der Waals surface area contributed by atoms with Gasteiger partial charge in [0.2, 0.25) is 0 Å². The lowest BCUT2D eigenvalue weighted by atomic mass is 10.1. The van der Waals surface area contributed by atoms with Crippen LogP contribution < -0.4 is 0 Å². The summed E-state index contributed by atoms with van der Waals surface area (Å²) in [6.07, 6.45) is 4.06. The molecule has 1 saturated carbocycles. The van der Waals surface area contributed by atoms with Crippen molar-refractivity contribution in [1.82, 2.24) is 0 Å². The van der Waals surface area contributed by atoms with E-state index in [0.717, 1.165) is 24.8 Å². The van der Waals surface area contributed by atoms with Crippen molar-refractivity contribution in [2.24, 2.45) is 5.92 Å². The Hall–Kier alpha value is -0.610. The number of hydrogen-bond acceptors (Lipinski definition) is 0. The molecule has 5 heteroatoms. The van der Waals surface area contributed by atoms with Crippen LogP contribution in [0.4, 0.5) is 13.2 Å². The molecule has 2 aliphatic rings. The molecule has 104 valence electrons. The Labute approximate surface area is 116 Å². The normalized spacial score (nSPS) is 29.6. The molecule has 0 nitrogen and oxygen atoms in total. The number of alkyl halides is 3. The van der Waals surface area contributed by atoms with Gasteiger partial charge in [-0.25, -0.2) is 0 Å². The second-order valence-electron chi connectivity index (χ2n) is 5.03. The summed E-state index contributed by atoms with van der Waals surface area (Å²) in [5.41, 5.74) is -2.81. The molecular formula is C14H14ClF3S. The fourth-order valence-electron chi connectivity index (χ4n) is 2.50. The van der Waals surface area contributed by atoms with Crippen molar-refractivity contribution < 1.29 is 13.2 Å². The van der Waals surface area contributed by atoms with Gasteiger partial charge in [-0.15, -0.1) is 0 Å². The molecule has 1 heterocycles. The molecule has 1 aromatic carbocycles. The van der Waals surface area contributed by atoms with Gasteiger partial charge in [0.1, 0.15) is 0 Å². The molecule has 3 rings (SSSR count). The molecule has 1 aliphatic carbocycles. The number of fused-ring (bicyclic) bond motifs is 1. The molecule has 1 atom stereocenters. The van der Waals surface area contributed by atoms with Crippen molar-refractivity contribution >= 4 is 26.0 Å². The lowest BCUT2D eigenvalue weighted by molar-refractivity contribution is -0.0360. The summed E-state index contributed by atoms with van der Waals surface area (Å²) in [4.78, 5) is 0.716. The van der Waals surface area contributed by atoms with Gasteiger partial charge >= 0.3 is 5.51 Å². The highest BCUT2D eigenvalue weighted by Crippen LogP contribution is 2.82. The predicted octanol–water partition coefficient (Wildman–Crippen LogP) is 5.85. The first-order chi connectivity index (χ1) is 8.88. The monoisotopic (exact) mass is 306 g/mol. The molecule has 0 saturated heterocycles. The Morgan fingerprint density at radius 3 is 2.53 bits per heavy atom. The zero-order valence-electron chi connectivity index (χ0n) is 10.4. The first kappa shape index (κ1) is 13.4. The molecular weight excluding hydrogens is 293 g/mol. The van der Waals surface area contributed by atoms with Crippen LogP contribution in [0.5, 0.6) is 0 Å². The largest absolute Gasteiger partial charge is 0.445 e. The summed E-state index contributed by atoms with van der Waals surface area (Å²) in [5, 5.41) is 0. The highest BCUT2D eigenvalue weighted by atomic mass is 35.7. The van der Waals surface area contributed by atoms with Crippen molar-refractivity contribution in [2.75, 3.05) is 0 Å². The summed E-state index contributed by atoms with van der Waals surface area (Å²) in [6, 6.07) is 5.31. The first-order valence-corrected chi connectivity index (χ1v) is 8.77. The Kier molecular flexibility index (Phi) is 2.95. The molecule has 1 unspecified atom stereocenters. The maximum Gasteiger partial charge on any atom is 0.445 e. The first-order valence-electron chi connectivity index (χ1n) is 6.31. The molecule has 1 aromatic rings. The number of benzene rings is 1. The lowest BCUT2D eigenvalue weighted by Gasteiger charge is -2.34. The average Bonchev–Trinajstić information content (AvgIpc) is 3.14. The zero-order valence-corrected chi connectivity index (χ0v) is 12.0. The van der Waals surface area contributed by atoms with E-state index in [0.29, 0.717) is 15.4 Å². The Balaban J connectivity index is 2.18. The van der Waals surface area contributed by atoms with Gasteiger partial charge in [0.15, 0.2) is 0 Å². The van der Waals surface area contributed by atoms with Gasteiger partial charge in [0.25, 0.3) is 0 Å². The number of allylic oxidation sites excluding steroid dienone is 1. The fourth-order valence-corrected chi connectivity index (χ4v) is 5.93. The third-order valence-corrected chi connectivity index (χ3v) is 7.97. The van der Waals surface area contributed by atoms with Gasteiger partial charge in [-0.3, -0.25) is 0 Å². The summed E-state index contributed by atoms with van der Waals surface area (Å²) < 4.78 is 40.7. The highest BCUT2D eigenvalue weighted by molar-refractivity contribution is 8.54. The minimum Gasteiger partial charge on any atom is -0.160 e. The van der Waals surface area contributed by atoms with Crippen LogP contribution in [0.2, 0.25) is 0 Å². The molecule has 0 bridgehead atoms. The molecule has 19 heavy (non-hydrogen) atoms. The predicted molar refractivity (Wildman–Crippen MR) is 74.3 cm³/mol. The van der Waals surface area contributed by atoms with E-state index in [1.54, 1.807) is 18.2 Å². The topological polar surface area (TPSA) is 0 Å². The Bertz CT molecular complexity index is 560. The Morgan fingerprint density at radius 2 is 2.00 bits per heavy atom. The number of rotatable bonds is 2. The quantitative estimate of drug-likeness (QED) is 0.643. The van der Waals surface area contributed by atoms with Crippen molar-refractivity contribution in [2.45, 2.75) is 36.6 Å². The third kappa shape index (κ3) is 1.91. The molecule has 0 aromatic heterocycles. The van der Waals surface area contributed by atoms with Gasteiger partial charge in [0, 0.05) is 4.90 Å². The zero-order chi connectivity index (χ0) is 13.8. The Morgan fingerprint density at radius 1 is 1.32 bits per heavy atom. The van der Waals surface area contributed by atoms with E-state index in [2.05, 4.69) is 0 Å². The third-order valence-electron chi connectivity index (χ3n) is 3.71. The molecule has 0 spiro atoms. The lowest BCUT2D eigenvalue weighted by Crippen LogP contribution is -2.17. The van der Waals surface area contributed by atoms with Crippen LogP contribution in [0.25, 0.3) is 6.08 Å². The van der Waals surface area contributed by atoms with E-state index >= 15 is 0 Å². The number of hydrogen-bond donors (Lipinski definition) is 0. The molecule has 0 N–H and O–H groups in total. The van der Waals surface area contributed by atoms with Gasteiger partial charge in [-0.2, -0.15) is 13.2 Å². The van der Waals surface area contributed by atoms with Crippen LogP contribution in [-0.4, -0.2) is 5.51 Å². The summed E-state index contributed by atoms with van der Waals surface area (Å²) in [7, 11) is 2.84. The van der Waals surface area contributed by atoms with Crippen molar-refractivity contribution in [3.8, 4) is 0 Å². The van der Waals surface area contributed by atoms with Crippen LogP contribution in [0.15, 0.2) is 28.0 Å². The number of aryl methyl sites for hydroxylation is 1. The van der Waals surface area contributed by atoms with E-state index in [4.69, 9.17) is 10.7 Å². The highest BCUT2D eigenvalue weighted by Gasteiger charge is 2.58. The van der Waals surface area contributed by atoms with E-state index in [9.17, 15) is 13.2 Å². The smallest absolute Gasteiger partial charge is 0.160 e. The average molecular weight is 307 g/mol. The van der Waals surface area contributed by atoms with Gasteiger partial charge in [-0.05, 0) is 73.3 Å². The van der Waals surface area contributed by atoms with E-state index < -0.39 is 14.7 Å². The van der Waals surface area contributed by atoms with Crippen LogP contribution in [0.3, 0.4) is 0 Å². The molecule has 0 radical (unpaired) electrons. The van der Waals surface area contributed by atoms with Crippen LogP contribution in [-0.2, 0) is 6.42 Å². The second-order valence-corrected chi connectivity index (χ2v) is 8.87. The summed E-state index contributed by atoms with van der Waals surface area (Å²) >= 11 is 0. The minimum atomic E-state index is -4.37.